The van der Waals surface area contributed by atoms with E-state index in [9.17, 15) is 14.4 Å². The lowest BCUT2D eigenvalue weighted by molar-refractivity contribution is -0.127. The second kappa shape index (κ2) is 6.95. The van der Waals surface area contributed by atoms with E-state index in [1.54, 1.807) is 20.0 Å². The Morgan fingerprint density at radius 2 is 1.79 bits per heavy atom. The van der Waals surface area contributed by atoms with Crippen LogP contribution >= 0.6 is 0 Å². The number of carbonyl (C=O) groups is 3. The summed E-state index contributed by atoms with van der Waals surface area (Å²) in [5.41, 5.74) is 2.95. The van der Waals surface area contributed by atoms with Crippen LogP contribution in [0.2, 0.25) is 0 Å². The zero-order valence-electron chi connectivity index (χ0n) is 16.9. The zero-order chi connectivity index (χ0) is 20.9. The normalized spacial score (nSPS) is 18.6. The number of aryl methyl sites for hydroxylation is 1. The van der Waals surface area contributed by atoms with Gasteiger partial charge in [-0.15, -0.1) is 0 Å². The molecular formula is C21H23N3O5. The fourth-order valence-electron chi connectivity index (χ4n) is 3.83. The number of rotatable bonds is 4. The number of ether oxygens (including phenoxy) is 2. The summed E-state index contributed by atoms with van der Waals surface area (Å²) in [6, 6.07) is 6.42. The van der Waals surface area contributed by atoms with Gasteiger partial charge in [-0.25, -0.2) is 4.79 Å². The van der Waals surface area contributed by atoms with Crippen LogP contribution < -0.4 is 9.47 Å². The third-order valence-electron chi connectivity index (χ3n) is 5.55. The predicted molar refractivity (Wildman–Crippen MR) is 105 cm³/mol. The molecule has 152 valence electrons. The van der Waals surface area contributed by atoms with Crippen molar-refractivity contribution in [3.8, 4) is 17.2 Å². The number of amides is 3. The number of fused-ring (bicyclic) bond motifs is 1. The van der Waals surface area contributed by atoms with Crippen LogP contribution in [0.25, 0.3) is 5.69 Å². The van der Waals surface area contributed by atoms with E-state index in [2.05, 4.69) is 0 Å². The Balaban J connectivity index is 1.63. The Labute approximate surface area is 168 Å². The average Bonchev–Trinajstić information content (AvgIpc) is 3.11. The highest BCUT2D eigenvalue weighted by molar-refractivity contribution is 6.09. The molecule has 1 saturated heterocycles. The van der Waals surface area contributed by atoms with Crippen molar-refractivity contribution in [2.45, 2.75) is 26.8 Å². The molecule has 0 bridgehead atoms. The number of urea groups is 1. The van der Waals surface area contributed by atoms with Gasteiger partial charge in [0.05, 0.1) is 6.54 Å². The summed E-state index contributed by atoms with van der Waals surface area (Å²) >= 11 is 0. The maximum absolute atomic E-state index is 12.9. The second-order valence-corrected chi connectivity index (χ2v) is 7.37. The molecule has 1 unspecified atom stereocenters. The summed E-state index contributed by atoms with van der Waals surface area (Å²) in [4.78, 5) is 39.8. The maximum Gasteiger partial charge on any atom is 0.327 e. The van der Waals surface area contributed by atoms with Crippen LogP contribution in [0.15, 0.2) is 24.3 Å². The molecule has 3 heterocycles. The fourth-order valence-corrected chi connectivity index (χ4v) is 3.83. The Morgan fingerprint density at radius 1 is 1.10 bits per heavy atom. The van der Waals surface area contributed by atoms with E-state index in [0.717, 1.165) is 22.0 Å². The quantitative estimate of drug-likeness (QED) is 0.584. The highest BCUT2D eigenvalue weighted by atomic mass is 16.6. The molecule has 0 aliphatic carbocycles. The van der Waals surface area contributed by atoms with Crippen LogP contribution in [0.4, 0.5) is 4.79 Å². The van der Waals surface area contributed by atoms with Crippen LogP contribution in [-0.2, 0) is 4.79 Å². The average molecular weight is 397 g/mol. The molecule has 1 aromatic heterocycles. The molecule has 29 heavy (non-hydrogen) atoms. The molecule has 8 heteroatoms. The number of carbonyl (C=O) groups excluding carboxylic acids is 3. The minimum atomic E-state index is -0.555. The highest BCUT2D eigenvalue weighted by Gasteiger charge is 2.41. The van der Waals surface area contributed by atoms with Gasteiger partial charge >= 0.3 is 6.03 Å². The number of hydrogen-bond donors (Lipinski definition) is 0. The van der Waals surface area contributed by atoms with Gasteiger partial charge in [0, 0.05) is 35.8 Å². The van der Waals surface area contributed by atoms with Crippen LogP contribution in [0.3, 0.4) is 0 Å². The lowest BCUT2D eigenvalue weighted by atomic mass is 10.1. The van der Waals surface area contributed by atoms with Crippen molar-refractivity contribution in [1.29, 1.82) is 0 Å². The molecule has 2 aliphatic rings. The van der Waals surface area contributed by atoms with Gasteiger partial charge < -0.3 is 18.9 Å². The smallest absolute Gasteiger partial charge is 0.327 e. The second-order valence-electron chi connectivity index (χ2n) is 7.37. The topological polar surface area (TPSA) is 81.1 Å². The molecule has 2 aliphatic heterocycles. The van der Waals surface area contributed by atoms with Gasteiger partial charge in [0.2, 0.25) is 0 Å². The van der Waals surface area contributed by atoms with Gasteiger partial charge in [-0.2, -0.15) is 0 Å². The molecule has 0 radical (unpaired) electrons. The van der Waals surface area contributed by atoms with Crippen molar-refractivity contribution in [3.63, 3.8) is 0 Å². The fraction of sp³-hybridized carbons (Fsp3) is 0.381. The number of likely N-dealkylation sites (N-methyl/N-ethyl adjacent to an activating group) is 1. The highest BCUT2D eigenvalue weighted by Crippen LogP contribution is 2.33. The molecule has 1 fully saturated rings. The van der Waals surface area contributed by atoms with Crippen molar-refractivity contribution in [2.24, 2.45) is 0 Å². The van der Waals surface area contributed by atoms with Crippen molar-refractivity contribution < 1.29 is 23.9 Å². The van der Waals surface area contributed by atoms with E-state index in [4.69, 9.17) is 9.47 Å². The van der Waals surface area contributed by atoms with Gasteiger partial charge in [0.25, 0.3) is 5.91 Å². The number of ketones is 1. The molecule has 0 saturated carbocycles. The maximum atomic E-state index is 12.9. The first kappa shape index (κ1) is 19.0. The molecule has 4 rings (SSSR count). The van der Waals surface area contributed by atoms with E-state index >= 15 is 0 Å². The summed E-state index contributed by atoms with van der Waals surface area (Å²) in [6.45, 7) is 6.15. The van der Waals surface area contributed by atoms with Gasteiger partial charge in [0.1, 0.15) is 19.3 Å². The van der Waals surface area contributed by atoms with Crippen LogP contribution in [-0.4, -0.2) is 64.9 Å². The van der Waals surface area contributed by atoms with E-state index < -0.39 is 12.1 Å². The van der Waals surface area contributed by atoms with Crippen molar-refractivity contribution in [2.75, 3.05) is 26.8 Å². The minimum Gasteiger partial charge on any atom is -0.486 e. The summed E-state index contributed by atoms with van der Waals surface area (Å²) in [5, 5.41) is 0. The monoisotopic (exact) mass is 397 g/mol. The number of imide groups is 1. The van der Waals surface area contributed by atoms with Crippen LogP contribution in [0.5, 0.6) is 11.5 Å². The minimum absolute atomic E-state index is 0.266. The van der Waals surface area contributed by atoms with Crippen molar-refractivity contribution >= 4 is 17.7 Å². The summed E-state index contributed by atoms with van der Waals surface area (Å²) in [7, 11) is 1.56. The van der Waals surface area contributed by atoms with Crippen LogP contribution in [0, 0.1) is 13.8 Å². The van der Waals surface area contributed by atoms with E-state index in [-0.39, 0.29) is 18.2 Å². The van der Waals surface area contributed by atoms with Crippen molar-refractivity contribution in [1.82, 2.24) is 14.4 Å². The Morgan fingerprint density at radius 3 is 2.45 bits per heavy atom. The van der Waals surface area contributed by atoms with Crippen LogP contribution in [0.1, 0.15) is 28.7 Å². The Hall–Kier alpha value is -3.29. The largest absolute Gasteiger partial charge is 0.486 e. The first-order chi connectivity index (χ1) is 13.8. The number of aromatic nitrogens is 1. The standard InChI is InChI=1S/C21H23N3O5/c1-12-9-16(17(25)11-23-20(26)14(3)22(4)21(23)27)13(2)24(12)15-5-6-18-19(10-15)29-8-7-28-18/h5-6,9-10,14H,7-8,11H2,1-4H3. The lowest BCUT2D eigenvalue weighted by Crippen LogP contribution is -2.36. The van der Waals surface area contributed by atoms with E-state index in [1.165, 1.54) is 4.90 Å². The third-order valence-corrected chi connectivity index (χ3v) is 5.55. The summed E-state index contributed by atoms with van der Waals surface area (Å²) in [5.74, 6) is 0.736. The first-order valence-electron chi connectivity index (χ1n) is 9.50. The van der Waals surface area contributed by atoms with Gasteiger partial charge in [0.15, 0.2) is 17.3 Å². The Bertz CT molecular complexity index is 1010. The molecule has 2 aromatic rings. The van der Waals surface area contributed by atoms with Crippen molar-refractivity contribution in [3.05, 3.63) is 41.2 Å². The third kappa shape index (κ3) is 3.04. The number of Topliss-reactive ketones (excluding diaryl/α,β-unsaturated/α-hetero) is 1. The predicted octanol–water partition coefficient (Wildman–Crippen LogP) is 2.33. The Kier molecular flexibility index (Phi) is 4.56. The molecule has 3 amide bonds. The molecule has 0 spiro atoms. The molecule has 8 nitrogen and oxygen atoms in total. The number of nitrogens with zero attached hydrogens (tertiary/aromatic N) is 3. The van der Waals surface area contributed by atoms with Gasteiger partial charge in [-0.3, -0.25) is 14.5 Å². The molecule has 1 aromatic carbocycles. The van der Waals surface area contributed by atoms with Gasteiger partial charge in [-0.05, 0) is 39.0 Å². The van der Waals surface area contributed by atoms with E-state index in [1.807, 2.05) is 36.6 Å². The zero-order valence-corrected chi connectivity index (χ0v) is 16.9. The molecule has 1 atom stereocenters. The summed E-state index contributed by atoms with van der Waals surface area (Å²) in [6.07, 6.45) is 0. The lowest BCUT2D eigenvalue weighted by Gasteiger charge is -2.20. The molecular weight excluding hydrogens is 374 g/mol. The van der Waals surface area contributed by atoms with E-state index in [0.29, 0.717) is 30.3 Å². The SMILES string of the molecule is Cc1cc(C(=O)CN2C(=O)C(C)N(C)C2=O)c(C)n1-c1ccc2c(c1)OCCO2. The number of hydrogen-bond acceptors (Lipinski definition) is 5. The summed E-state index contributed by atoms with van der Waals surface area (Å²) < 4.78 is 13.2. The van der Waals surface area contributed by atoms with Gasteiger partial charge in [-0.1, -0.05) is 0 Å². The first-order valence-corrected chi connectivity index (χ1v) is 9.50. The number of benzene rings is 1. The molecule has 0 N–H and O–H groups in total.